The summed E-state index contributed by atoms with van der Waals surface area (Å²) in [5.41, 5.74) is 8.21. The van der Waals surface area contributed by atoms with E-state index in [1.165, 1.54) is 0 Å². The van der Waals surface area contributed by atoms with Gasteiger partial charge < -0.3 is 15.5 Å². The van der Waals surface area contributed by atoms with Gasteiger partial charge in [-0.3, -0.25) is 4.79 Å². The maximum absolute atomic E-state index is 11.3. The van der Waals surface area contributed by atoms with Crippen LogP contribution < -0.4 is 11.1 Å². The number of hydrogen-bond acceptors (Lipinski definition) is 5. The van der Waals surface area contributed by atoms with E-state index in [2.05, 4.69) is 15.5 Å². The van der Waals surface area contributed by atoms with Crippen molar-refractivity contribution in [1.29, 1.82) is 0 Å². The predicted molar refractivity (Wildman–Crippen MR) is 64.6 cm³/mol. The Bertz CT molecular complexity index is 606. The summed E-state index contributed by atoms with van der Waals surface area (Å²) in [7, 11) is 0. The van der Waals surface area contributed by atoms with Crippen LogP contribution >= 0.6 is 0 Å². The Balaban J connectivity index is 1.97. The molecule has 6 nitrogen and oxygen atoms in total. The number of carbonyl (C=O) groups is 1. The van der Waals surface area contributed by atoms with E-state index >= 15 is 0 Å². The number of carbonyl (C=O) groups excluding carboxylic acids is 1. The molecule has 0 saturated carbocycles. The summed E-state index contributed by atoms with van der Waals surface area (Å²) in [5, 5.41) is 10.6. The first-order valence-corrected chi connectivity index (χ1v) is 5.72. The second-order valence-electron chi connectivity index (χ2n) is 4.13. The Hall–Kier alpha value is -2.21. The number of nitrogens with one attached hydrogen (secondary N) is 1. The Morgan fingerprint density at radius 2 is 2.22 bits per heavy atom. The minimum absolute atomic E-state index is 0.0541. The topological polar surface area (TPSA) is 94.0 Å². The van der Waals surface area contributed by atoms with E-state index in [-0.39, 0.29) is 12.5 Å². The van der Waals surface area contributed by atoms with Crippen molar-refractivity contribution in [2.45, 2.75) is 19.4 Å². The highest BCUT2D eigenvalue weighted by atomic mass is 16.4. The van der Waals surface area contributed by atoms with Crippen LogP contribution in [0.4, 0.5) is 5.69 Å². The highest BCUT2D eigenvalue weighted by Gasteiger charge is 2.16. The largest absolute Gasteiger partial charge is 0.419 e. The zero-order valence-corrected chi connectivity index (χ0v) is 9.64. The number of nitrogens with two attached hydrogens (primary N) is 1. The Morgan fingerprint density at radius 1 is 1.33 bits per heavy atom. The summed E-state index contributed by atoms with van der Waals surface area (Å²) in [6, 6.07) is 5.66. The third kappa shape index (κ3) is 1.86. The predicted octanol–water partition coefficient (Wildman–Crippen LogP) is 1.08. The zero-order valence-electron chi connectivity index (χ0n) is 9.64. The molecular weight excluding hydrogens is 232 g/mol. The highest BCUT2D eigenvalue weighted by Crippen LogP contribution is 2.27. The highest BCUT2D eigenvalue weighted by molar-refractivity contribution is 5.94. The third-order valence-electron chi connectivity index (χ3n) is 2.89. The molecular formula is C12H12N4O2. The number of fused-ring (bicyclic) bond motifs is 1. The van der Waals surface area contributed by atoms with Crippen molar-refractivity contribution in [3.05, 3.63) is 29.7 Å². The van der Waals surface area contributed by atoms with Gasteiger partial charge in [0.05, 0.1) is 6.54 Å². The molecule has 2 heterocycles. The molecule has 0 spiro atoms. The second-order valence-corrected chi connectivity index (χ2v) is 4.13. The van der Waals surface area contributed by atoms with Crippen LogP contribution in [0.1, 0.15) is 17.9 Å². The molecule has 1 amide bonds. The van der Waals surface area contributed by atoms with Crippen LogP contribution in [0.2, 0.25) is 0 Å². The molecule has 1 aromatic heterocycles. The van der Waals surface area contributed by atoms with Gasteiger partial charge in [-0.2, -0.15) is 0 Å². The second kappa shape index (κ2) is 4.23. The summed E-state index contributed by atoms with van der Waals surface area (Å²) < 4.78 is 5.40. The summed E-state index contributed by atoms with van der Waals surface area (Å²) in [6.45, 7) is 0.230. The van der Waals surface area contributed by atoms with E-state index in [1.807, 2.05) is 18.2 Å². The van der Waals surface area contributed by atoms with Crippen molar-refractivity contribution in [2.24, 2.45) is 5.73 Å². The first kappa shape index (κ1) is 10.9. The lowest BCUT2D eigenvalue weighted by atomic mass is 10.0. The van der Waals surface area contributed by atoms with Gasteiger partial charge in [-0.1, -0.05) is 0 Å². The Morgan fingerprint density at radius 3 is 3.00 bits per heavy atom. The lowest BCUT2D eigenvalue weighted by Crippen LogP contribution is -2.18. The van der Waals surface area contributed by atoms with Crippen LogP contribution in [-0.2, 0) is 17.8 Å². The van der Waals surface area contributed by atoms with E-state index in [9.17, 15) is 4.79 Å². The standard InChI is InChI=1S/C12H12N4O2/c13-6-11-15-16-12(18-11)8-1-3-9-7(5-8)2-4-10(17)14-9/h1,3,5H,2,4,6,13H2,(H,14,17). The first-order valence-electron chi connectivity index (χ1n) is 5.72. The molecule has 1 aliphatic heterocycles. The van der Waals surface area contributed by atoms with Crippen molar-refractivity contribution < 1.29 is 9.21 Å². The van der Waals surface area contributed by atoms with Crippen LogP contribution in [0.3, 0.4) is 0 Å². The maximum Gasteiger partial charge on any atom is 0.247 e. The van der Waals surface area contributed by atoms with E-state index in [0.717, 1.165) is 23.2 Å². The smallest absolute Gasteiger partial charge is 0.247 e. The van der Waals surface area contributed by atoms with Crippen LogP contribution in [0.5, 0.6) is 0 Å². The van der Waals surface area contributed by atoms with Gasteiger partial charge in [0.2, 0.25) is 17.7 Å². The molecule has 0 atom stereocenters. The molecule has 1 aromatic carbocycles. The molecule has 2 aromatic rings. The van der Waals surface area contributed by atoms with Crippen LogP contribution in [-0.4, -0.2) is 16.1 Å². The van der Waals surface area contributed by atoms with Gasteiger partial charge in [-0.25, -0.2) is 0 Å². The summed E-state index contributed by atoms with van der Waals surface area (Å²) >= 11 is 0. The Labute approximate surface area is 103 Å². The average Bonchev–Trinajstić information content (AvgIpc) is 2.87. The number of amides is 1. The number of benzene rings is 1. The van der Waals surface area contributed by atoms with E-state index in [1.54, 1.807) is 0 Å². The molecule has 6 heteroatoms. The molecule has 0 radical (unpaired) electrons. The third-order valence-corrected chi connectivity index (χ3v) is 2.89. The molecule has 0 unspecified atom stereocenters. The van der Waals surface area contributed by atoms with Gasteiger partial charge in [0.15, 0.2) is 0 Å². The summed E-state index contributed by atoms with van der Waals surface area (Å²) in [5.74, 6) is 0.921. The molecule has 1 aliphatic rings. The first-order chi connectivity index (χ1) is 8.76. The van der Waals surface area contributed by atoms with Crippen molar-refractivity contribution in [1.82, 2.24) is 10.2 Å². The number of aryl methyl sites for hydroxylation is 1. The van der Waals surface area contributed by atoms with Gasteiger partial charge in [0.25, 0.3) is 0 Å². The average molecular weight is 244 g/mol. The van der Waals surface area contributed by atoms with Crippen LogP contribution in [0, 0.1) is 0 Å². The molecule has 3 rings (SSSR count). The van der Waals surface area contributed by atoms with Gasteiger partial charge in [-0.05, 0) is 30.2 Å². The molecule has 0 fully saturated rings. The van der Waals surface area contributed by atoms with Crippen LogP contribution in [0.25, 0.3) is 11.5 Å². The van der Waals surface area contributed by atoms with Crippen molar-refractivity contribution in [3.63, 3.8) is 0 Å². The maximum atomic E-state index is 11.3. The molecule has 0 bridgehead atoms. The number of aromatic nitrogens is 2. The van der Waals surface area contributed by atoms with Gasteiger partial charge in [0, 0.05) is 17.7 Å². The monoisotopic (exact) mass is 244 g/mol. The molecule has 3 N–H and O–H groups in total. The lowest BCUT2D eigenvalue weighted by Gasteiger charge is -2.16. The van der Waals surface area contributed by atoms with Crippen molar-refractivity contribution >= 4 is 11.6 Å². The van der Waals surface area contributed by atoms with E-state index in [4.69, 9.17) is 10.2 Å². The molecule has 0 saturated heterocycles. The number of rotatable bonds is 2. The summed E-state index contributed by atoms with van der Waals surface area (Å²) in [4.78, 5) is 11.3. The van der Waals surface area contributed by atoms with Gasteiger partial charge >= 0.3 is 0 Å². The SMILES string of the molecule is NCc1nnc(-c2ccc3c(c2)CCC(=O)N3)o1. The van der Waals surface area contributed by atoms with Crippen LogP contribution in [0.15, 0.2) is 22.6 Å². The fourth-order valence-electron chi connectivity index (χ4n) is 1.97. The van der Waals surface area contributed by atoms with E-state index < -0.39 is 0 Å². The van der Waals surface area contributed by atoms with E-state index in [0.29, 0.717) is 18.2 Å². The Kier molecular flexibility index (Phi) is 2.56. The van der Waals surface area contributed by atoms with Crippen molar-refractivity contribution in [2.75, 3.05) is 5.32 Å². The zero-order chi connectivity index (χ0) is 12.5. The minimum atomic E-state index is 0.0541. The number of hydrogen-bond donors (Lipinski definition) is 2. The number of anilines is 1. The lowest BCUT2D eigenvalue weighted by molar-refractivity contribution is -0.116. The molecule has 0 aliphatic carbocycles. The fourth-order valence-corrected chi connectivity index (χ4v) is 1.97. The van der Waals surface area contributed by atoms with Crippen molar-refractivity contribution in [3.8, 4) is 11.5 Å². The number of nitrogens with zero attached hydrogens (tertiary/aromatic N) is 2. The van der Waals surface area contributed by atoms with Gasteiger partial charge in [0.1, 0.15) is 0 Å². The molecule has 18 heavy (non-hydrogen) atoms. The minimum Gasteiger partial charge on any atom is -0.419 e. The van der Waals surface area contributed by atoms with Gasteiger partial charge in [-0.15, -0.1) is 10.2 Å². The fraction of sp³-hybridized carbons (Fsp3) is 0.250. The molecule has 92 valence electrons. The normalized spacial score (nSPS) is 14.2. The summed E-state index contributed by atoms with van der Waals surface area (Å²) in [6.07, 6.45) is 1.24. The quantitative estimate of drug-likeness (QED) is 0.824.